The summed E-state index contributed by atoms with van der Waals surface area (Å²) < 4.78 is 0. The Morgan fingerprint density at radius 3 is 2.38 bits per heavy atom. The topological polar surface area (TPSA) is 66.4 Å². The number of hydrogen-bond acceptors (Lipinski definition) is 2. The first-order valence-corrected chi connectivity index (χ1v) is 6.13. The second-order valence-electron chi connectivity index (χ2n) is 5.64. The van der Waals surface area contributed by atoms with Gasteiger partial charge in [0.1, 0.15) is 0 Å². The number of rotatable bonds is 5. The zero-order valence-corrected chi connectivity index (χ0v) is 9.24. The van der Waals surface area contributed by atoms with Gasteiger partial charge in [0, 0.05) is 6.54 Å². The van der Waals surface area contributed by atoms with Gasteiger partial charge in [-0.25, -0.2) is 0 Å². The molecule has 0 aliphatic heterocycles. The molecule has 0 bridgehead atoms. The lowest BCUT2D eigenvalue weighted by molar-refractivity contribution is -0.140. The minimum atomic E-state index is -0.830. The molecule has 0 aromatic carbocycles. The molecule has 0 aromatic heterocycles. The Balaban J connectivity index is 1.46. The molecule has 4 nitrogen and oxygen atoms in total. The first kappa shape index (κ1) is 10.1. The molecule has 3 saturated carbocycles. The third kappa shape index (κ3) is 1.70. The van der Waals surface area contributed by atoms with E-state index < -0.39 is 11.9 Å². The Morgan fingerprint density at radius 2 is 1.94 bits per heavy atom. The molecule has 2 N–H and O–H groups in total. The fourth-order valence-corrected chi connectivity index (χ4v) is 2.74. The number of amides is 1. The summed E-state index contributed by atoms with van der Waals surface area (Å²) in [5.41, 5.74) is 0.406. The van der Waals surface area contributed by atoms with Gasteiger partial charge >= 0.3 is 5.97 Å². The monoisotopic (exact) mass is 223 g/mol. The Hall–Kier alpha value is -1.06. The summed E-state index contributed by atoms with van der Waals surface area (Å²) in [6.07, 6.45) is 5.64. The summed E-state index contributed by atoms with van der Waals surface area (Å²) in [5, 5.41) is 11.7. The second kappa shape index (κ2) is 3.22. The van der Waals surface area contributed by atoms with Crippen molar-refractivity contribution in [2.75, 3.05) is 6.54 Å². The summed E-state index contributed by atoms with van der Waals surface area (Å²) >= 11 is 0. The van der Waals surface area contributed by atoms with E-state index in [1.54, 1.807) is 0 Å². The summed E-state index contributed by atoms with van der Waals surface area (Å²) in [4.78, 5) is 22.3. The molecule has 0 aromatic rings. The van der Waals surface area contributed by atoms with E-state index in [1.165, 1.54) is 25.7 Å². The van der Waals surface area contributed by atoms with Crippen molar-refractivity contribution >= 4 is 11.9 Å². The second-order valence-corrected chi connectivity index (χ2v) is 5.64. The number of aliphatic carboxylic acids is 1. The van der Waals surface area contributed by atoms with Gasteiger partial charge in [0.05, 0.1) is 11.8 Å². The van der Waals surface area contributed by atoms with Gasteiger partial charge in [-0.05, 0) is 43.4 Å². The van der Waals surface area contributed by atoms with Gasteiger partial charge in [-0.1, -0.05) is 0 Å². The minimum absolute atomic E-state index is 0.0423. The van der Waals surface area contributed by atoms with Crippen molar-refractivity contribution in [1.82, 2.24) is 5.32 Å². The van der Waals surface area contributed by atoms with Gasteiger partial charge < -0.3 is 10.4 Å². The number of carboxylic acid groups (broad SMARTS) is 1. The fraction of sp³-hybridized carbons (Fsp3) is 0.833. The van der Waals surface area contributed by atoms with Crippen LogP contribution in [0.4, 0.5) is 0 Å². The highest BCUT2D eigenvalue weighted by Crippen LogP contribution is 2.60. The highest BCUT2D eigenvalue weighted by Gasteiger charge is 2.54. The molecule has 0 radical (unpaired) electrons. The van der Waals surface area contributed by atoms with Crippen LogP contribution in [0.25, 0.3) is 0 Å². The van der Waals surface area contributed by atoms with Gasteiger partial charge in [-0.2, -0.15) is 0 Å². The van der Waals surface area contributed by atoms with Crippen LogP contribution in [0.15, 0.2) is 0 Å². The van der Waals surface area contributed by atoms with Crippen LogP contribution < -0.4 is 5.32 Å². The predicted molar refractivity (Wildman–Crippen MR) is 56.6 cm³/mol. The molecule has 0 saturated heterocycles. The SMILES string of the molecule is O=C(O)[C@H]1C[C@H]1C(=O)NCC1(C2CC2)CC1. The quantitative estimate of drug-likeness (QED) is 0.731. The van der Waals surface area contributed by atoms with Crippen LogP contribution >= 0.6 is 0 Å². The van der Waals surface area contributed by atoms with E-state index in [1.807, 2.05) is 0 Å². The van der Waals surface area contributed by atoms with Crippen molar-refractivity contribution in [3.63, 3.8) is 0 Å². The predicted octanol–water partition coefficient (Wildman–Crippen LogP) is 1.01. The van der Waals surface area contributed by atoms with Crippen molar-refractivity contribution in [3.05, 3.63) is 0 Å². The van der Waals surface area contributed by atoms with Crippen molar-refractivity contribution < 1.29 is 14.7 Å². The molecule has 3 aliphatic rings. The maximum absolute atomic E-state index is 11.7. The first-order valence-electron chi connectivity index (χ1n) is 6.13. The van der Waals surface area contributed by atoms with Gasteiger partial charge in [0.2, 0.25) is 5.91 Å². The van der Waals surface area contributed by atoms with E-state index in [0.29, 0.717) is 11.8 Å². The van der Waals surface area contributed by atoms with E-state index in [2.05, 4.69) is 5.32 Å². The molecule has 1 amide bonds. The van der Waals surface area contributed by atoms with Crippen LogP contribution in [0, 0.1) is 23.2 Å². The van der Waals surface area contributed by atoms with E-state index in [9.17, 15) is 9.59 Å². The smallest absolute Gasteiger partial charge is 0.307 e. The molecule has 3 aliphatic carbocycles. The van der Waals surface area contributed by atoms with Crippen LogP contribution in [-0.4, -0.2) is 23.5 Å². The normalized spacial score (nSPS) is 34.2. The molecule has 0 unspecified atom stereocenters. The summed E-state index contributed by atoms with van der Waals surface area (Å²) in [6, 6.07) is 0. The lowest BCUT2D eigenvalue weighted by Gasteiger charge is -2.14. The summed E-state index contributed by atoms with van der Waals surface area (Å²) in [6.45, 7) is 0.777. The largest absolute Gasteiger partial charge is 0.481 e. The van der Waals surface area contributed by atoms with Gasteiger partial charge in [0.15, 0.2) is 0 Å². The van der Waals surface area contributed by atoms with Gasteiger partial charge in [-0.3, -0.25) is 9.59 Å². The molecule has 3 rings (SSSR count). The van der Waals surface area contributed by atoms with Gasteiger partial charge in [-0.15, -0.1) is 0 Å². The number of nitrogens with one attached hydrogen (secondary N) is 1. The van der Waals surface area contributed by atoms with Crippen molar-refractivity contribution in [3.8, 4) is 0 Å². The molecule has 88 valence electrons. The standard InChI is InChI=1S/C12H17NO3/c14-10(8-5-9(8)11(15)16)13-6-12(3-4-12)7-1-2-7/h7-9H,1-6H2,(H,13,14)(H,15,16)/t8-,9+/m1/s1. The maximum Gasteiger partial charge on any atom is 0.307 e. The minimum Gasteiger partial charge on any atom is -0.481 e. The lowest BCUT2D eigenvalue weighted by atomic mass is 10.0. The highest BCUT2D eigenvalue weighted by molar-refractivity contribution is 5.89. The van der Waals surface area contributed by atoms with E-state index >= 15 is 0 Å². The highest BCUT2D eigenvalue weighted by atomic mass is 16.4. The van der Waals surface area contributed by atoms with Crippen LogP contribution in [0.2, 0.25) is 0 Å². The Kier molecular flexibility index (Phi) is 2.03. The van der Waals surface area contributed by atoms with Gasteiger partial charge in [0.25, 0.3) is 0 Å². The molecule has 2 atom stereocenters. The lowest BCUT2D eigenvalue weighted by Crippen LogP contribution is -2.33. The number of hydrogen-bond donors (Lipinski definition) is 2. The van der Waals surface area contributed by atoms with Crippen molar-refractivity contribution in [2.45, 2.75) is 32.1 Å². The van der Waals surface area contributed by atoms with E-state index in [4.69, 9.17) is 5.11 Å². The van der Waals surface area contributed by atoms with E-state index in [0.717, 1.165) is 12.5 Å². The number of carboxylic acids is 1. The zero-order valence-electron chi connectivity index (χ0n) is 9.24. The molecular formula is C12H17NO3. The third-order valence-electron chi connectivity index (χ3n) is 4.39. The Morgan fingerprint density at radius 1 is 1.25 bits per heavy atom. The fourth-order valence-electron chi connectivity index (χ4n) is 2.74. The molecule has 3 fully saturated rings. The average Bonchev–Trinajstić information content (AvgIpc) is 3.16. The molecule has 0 spiro atoms. The summed E-state index contributed by atoms with van der Waals surface area (Å²) in [5.74, 6) is -0.714. The first-order chi connectivity index (χ1) is 7.62. The number of carbonyl (C=O) groups is 2. The van der Waals surface area contributed by atoms with E-state index in [-0.39, 0.29) is 11.8 Å². The van der Waals surface area contributed by atoms with Crippen LogP contribution in [0.5, 0.6) is 0 Å². The van der Waals surface area contributed by atoms with Crippen LogP contribution in [-0.2, 0) is 9.59 Å². The van der Waals surface area contributed by atoms with Crippen molar-refractivity contribution in [1.29, 1.82) is 0 Å². The molecular weight excluding hydrogens is 206 g/mol. The molecule has 4 heteroatoms. The summed E-state index contributed by atoms with van der Waals surface area (Å²) in [7, 11) is 0. The van der Waals surface area contributed by atoms with Crippen molar-refractivity contribution in [2.24, 2.45) is 23.2 Å². The Labute approximate surface area is 94.4 Å². The maximum atomic E-state index is 11.7. The van der Waals surface area contributed by atoms with Crippen LogP contribution in [0.3, 0.4) is 0 Å². The molecule has 16 heavy (non-hydrogen) atoms. The molecule has 0 heterocycles. The van der Waals surface area contributed by atoms with Crippen LogP contribution in [0.1, 0.15) is 32.1 Å². The third-order valence-corrected chi connectivity index (χ3v) is 4.39. The Bertz CT molecular complexity index is 344. The zero-order chi connectivity index (χ0) is 11.3. The average molecular weight is 223 g/mol. The number of carbonyl (C=O) groups excluding carboxylic acids is 1.